The summed E-state index contributed by atoms with van der Waals surface area (Å²) in [6.45, 7) is 5.73. The molecule has 0 aromatic heterocycles. The first-order chi connectivity index (χ1) is 8.98. The Hall–Kier alpha value is -1.31. The highest BCUT2D eigenvalue weighted by atomic mass is 16.5. The molecule has 1 atom stereocenters. The van der Waals surface area contributed by atoms with Gasteiger partial charge in [-0.3, -0.25) is 4.79 Å². The van der Waals surface area contributed by atoms with Gasteiger partial charge in [0.05, 0.1) is 5.41 Å². The Morgan fingerprint density at radius 1 is 1.16 bits per heavy atom. The quantitative estimate of drug-likeness (QED) is 0.748. The van der Waals surface area contributed by atoms with Gasteiger partial charge in [-0.25, -0.2) is 0 Å². The third-order valence-corrected chi connectivity index (χ3v) is 3.80. The van der Waals surface area contributed by atoms with Gasteiger partial charge >= 0.3 is 5.97 Å². The van der Waals surface area contributed by atoms with Gasteiger partial charge < -0.3 is 4.74 Å². The monoisotopic (exact) mass is 260 g/mol. The molecule has 1 saturated carbocycles. The Bertz CT molecular complexity index is 411. The van der Waals surface area contributed by atoms with Crippen LogP contribution in [0, 0.1) is 11.3 Å². The molecule has 2 nitrogen and oxygen atoms in total. The molecule has 0 bridgehead atoms. The molecule has 0 radical (unpaired) electrons. The number of rotatable bonds is 3. The number of carbonyl (C=O) groups is 1. The topological polar surface area (TPSA) is 26.3 Å². The molecule has 1 aliphatic carbocycles. The predicted molar refractivity (Wildman–Crippen MR) is 76.7 cm³/mol. The Morgan fingerprint density at radius 2 is 1.74 bits per heavy atom. The van der Waals surface area contributed by atoms with Crippen LogP contribution in [-0.2, 0) is 9.53 Å². The average molecular weight is 260 g/mol. The van der Waals surface area contributed by atoms with E-state index in [0.29, 0.717) is 5.92 Å². The fraction of sp³-hybridized carbons (Fsp3) is 0.588. The largest absolute Gasteiger partial charge is 0.457 e. The zero-order chi connectivity index (χ0) is 13.9. The lowest BCUT2D eigenvalue weighted by molar-refractivity contribution is -0.162. The first-order valence-corrected chi connectivity index (χ1v) is 7.24. The highest BCUT2D eigenvalue weighted by Gasteiger charge is 2.33. The third kappa shape index (κ3) is 3.59. The maximum atomic E-state index is 12.2. The highest BCUT2D eigenvalue weighted by Crippen LogP contribution is 2.39. The lowest BCUT2D eigenvalue weighted by Gasteiger charge is -2.27. The van der Waals surface area contributed by atoms with Crippen molar-refractivity contribution in [2.24, 2.45) is 11.3 Å². The van der Waals surface area contributed by atoms with E-state index in [-0.39, 0.29) is 12.1 Å². The summed E-state index contributed by atoms with van der Waals surface area (Å²) in [4.78, 5) is 12.2. The summed E-state index contributed by atoms with van der Waals surface area (Å²) in [5, 5.41) is 0. The molecule has 104 valence electrons. The lowest BCUT2D eigenvalue weighted by Crippen LogP contribution is -2.27. The van der Waals surface area contributed by atoms with E-state index < -0.39 is 5.41 Å². The normalized spacial score (nSPS) is 18.3. The van der Waals surface area contributed by atoms with Crippen molar-refractivity contribution >= 4 is 5.97 Å². The van der Waals surface area contributed by atoms with Crippen LogP contribution in [0.25, 0.3) is 0 Å². The zero-order valence-corrected chi connectivity index (χ0v) is 12.2. The number of esters is 1. The molecule has 2 heteroatoms. The molecular formula is C17H24O2. The second-order valence-corrected chi connectivity index (χ2v) is 6.53. The van der Waals surface area contributed by atoms with Gasteiger partial charge in [0.15, 0.2) is 0 Å². The minimum Gasteiger partial charge on any atom is -0.457 e. The van der Waals surface area contributed by atoms with Crippen molar-refractivity contribution in [2.75, 3.05) is 0 Å². The Morgan fingerprint density at radius 3 is 2.26 bits per heavy atom. The van der Waals surface area contributed by atoms with Gasteiger partial charge in [0.25, 0.3) is 0 Å². The molecule has 19 heavy (non-hydrogen) atoms. The predicted octanol–water partition coefficient (Wildman–Crippen LogP) is 4.51. The number of carbonyl (C=O) groups excluding carboxylic acids is 1. The summed E-state index contributed by atoms with van der Waals surface area (Å²) < 4.78 is 5.85. The van der Waals surface area contributed by atoms with Gasteiger partial charge in [-0.05, 0) is 39.2 Å². The molecule has 1 aliphatic rings. The second-order valence-electron chi connectivity index (χ2n) is 6.53. The summed E-state index contributed by atoms with van der Waals surface area (Å²) in [7, 11) is 0. The van der Waals surface area contributed by atoms with Crippen molar-refractivity contribution in [2.45, 2.75) is 52.6 Å². The SMILES string of the molecule is CC(C)(C)C(=O)OC(c1ccccc1)C1CCCC1. The van der Waals surface area contributed by atoms with E-state index in [9.17, 15) is 4.79 Å². The van der Waals surface area contributed by atoms with E-state index in [2.05, 4.69) is 12.1 Å². The molecule has 0 amide bonds. The number of ether oxygens (including phenoxy) is 1. The van der Waals surface area contributed by atoms with Crippen LogP contribution < -0.4 is 0 Å². The average Bonchev–Trinajstić information content (AvgIpc) is 2.89. The first-order valence-electron chi connectivity index (χ1n) is 7.24. The molecule has 0 aliphatic heterocycles. The smallest absolute Gasteiger partial charge is 0.311 e. The molecule has 1 unspecified atom stereocenters. The van der Waals surface area contributed by atoms with E-state index in [1.165, 1.54) is 12.8 Å². The van der Waals surface area contributed by atoms with Crippen LogP contribution in [0.3, 0.4) is 0 Å². The highest BCUT2D eigenvalue weighted by molar-refractivity contribution is 5.75. The van der Waals surface area contributed by atoms with Crippen molar-refractivity contribution in [3.63, 3.8) is 0 Å². The second kappa shape index (κ2) is 5.77. The molecule has 1 aromatic carbocycles. The lowest BCUT2D eigenvalue weighted by atomic mass is 9.92. The Balaban J connectivity index is 2.18. The Labute approximate surface area is 116 Å². The van der Waals surface area contributed by atoms with E-state index in [0.717, 1.165) is 18.4 Å². The maximum absolute atomic E-state index is 12.2. The molecule has 1 aromatic rings. The fourth-order valence-electron chi connectivity index (χ4n) is 2.63. The van der Waals surface area contributed by atoms with Gasteiger partial charge in [0.2, 0.25) is 0 Å². The van der Waals surface area contributed by atoms with Gasteiger partial charge in [0, 0.05) is 5.92 Å². The molecule has 0 N–H and O–H groups in total. The van der Waals surface area contributed by atoms with E-state index in [4.69, 9.17) is 4.74 Å². The van der Waals surface area contributed by atoms with Crippen LogP contribution in [0.4, 0.5) is 0 Å². The number of benzene rings is 1. The van der Waals surface area contributed by atoms with Crippen LogP contribution in [-0.4, -0.2) is 5.97 Å². The summed E-state index contributed by atoms with van der Waals surface area (Å²) in [5.74, 6) is 0.377. The summed E-state index contributed by atoms with van der Waals surface area (Å²) in [6, 6.07) is 10.2. The van der Waals surface area contributed by atoms with Gasteiger partial charge in [-0.2, -0.15) is 0 Å². The molecule has 0 heterocycles. The number of hydrogen-bond acceptors (Lipinski definition) is 2. The van der Waals surface area contributed by atoms with Crippen LogP contribution >= 0.6 is 0 Å². The molecule has 0 saturated heterocycles. The van der Waals surface area contributed by atoms with E-state index in [1.807, 2.05) is 39.0 Å². The van der Waals surface area contributed by atoms with Crippen LogP contribution in [0.2, 0.25) is 0 Å². The van der Waals surface area contributed by atoms with Gasteiger partial charge in [-0.1, -0.05) is 43.2 Å². The molecule has 1 fully saturated rings. The van der Waals surface area contributed by atoms with Gasteiger partial charge in [-0.15, -0.1) is 0 Å². The minimum atomic E-state index is -0.439. The van der Waals surface area contributed by atoms with Crippen LogP contribution in [0.1, 0.15) is 58.1 Å². The maximum Gasteiger partial charge on any atom is 0.311 e. The summed E-state index contributed by atoms with van der Waals surface area (Å²) in [5.41, 5.74) is 0.693. The molecule has 2 rings (SSSR count). The first kappa shape index (κ1) is 14.1. The van der Waals surface area contributed by atoms with E-state index in [1.54, 1.807) is 0 Å². The molecule has 0 spiro atoms. The minimum absolute atomic E-state index is 0.0737. The number of hydrogen-bond donors (Lipinski definition) is 0. The van der Waals surface area contributed by atoms with Crippen molar-refractivity contribution < 1.29 is 9.53 Å². The van der Waals surface area contributed by atoms with Crippen LogP contribution in [0.15, 0.2) is 30.3 Å². The fourth-order valence-corrected chi connectivity index (χ4v) is 2.63. The van der Waals surface area contributed by atoms with Crippen molar-refractivity contribution in [3.8, 4) is 0 Å². The standard InChI is InChI=1S/C17H24O2/c1-17(2,3)16(18)19-15(14-11-7-8-12-14)13-9-5-4-6-10-13/h4-6,9-10,14-15H,7-8,11-12H2,1-3H3. The van der Waals surface area contributed by atoms with E-state index >= 15 is 0 Å². The molecular weight excluding hydrogens is 236 g/mol. The van der Waals surface area contributed by atoms with Crippen molar-refractivity contribution in [1.29, 1.82) is 0 Å². The summed E-state index contributed by atoms with van der Waals surface area (Å²) >= 11 is 0. The third-order valence-electron chi connectivity index (χ3n) is 3.80. The van der Waals surface area contributed by atoms with Crippen molar-refractivity contribution in [1.82, 2.24) is 0 Å². The zero-order valence-electron chi connectivity index (χ0n) is 12.2. The van der Waals surface area contributed by atoms with Crippen LogP contribution in [0.5, 0.6) is 0 Å². The van der Waals surface area contributed by atoms with Gasteiger partial charge in [0.1, 0.15) is 6.10 Å². The summed E-state index contributed by atoms with van der Waals surface area (Å²) in [6.07, 6.45) is 4.76. The Kier molecular flexibility index (Phi) is 4.28. The van der Waals surface area contributed by atoms with Crippen molar-refractivity contribution in [3.05, 3.63) is 35.9 Å².